The fourth-order valence-electron chi connectivity index (χ4n) is 3.99. The summed E-state index contributed by atoms with van der Waals surface area (Å²) in [6.45, 7) is 5.38. The number of ether oxygens (including phenoxy) is 2. The number of carbonyl (C=O) groups excluding carboxylic acids is 1. The quantitative estimate of drug-likeness (QED) is 0.481. The second-order valence-electron chi connectivity index (χ2n) is 8.15. The Balaban J connectivity index is 1.39. The Morgan fingerprint density at radius 3 is 2.78 bits per heavy atom. The molecule has 5 rings (SSSR count). The first-order valence-electron chi connectivity index (χ1n) is 10.7. The van der Waals surface area contributed by atoms with Crippen molar-refractivity contribution in [2.24, 2.45) is 0 Å². The van der Waals surface area contributed by atoms with E-state index >= 15 is 0 Å². The fourth-order valence-corrected chi connectivity index (χ4v) is 3.99. The van der Waals surface area contributed by atoms with E-state index in [2.05, 4.69) is 40.4 Å². The zero-order chi connectivity index (χ0) is 22.1. The van der Waals surface area contributed by atoms with Crippen LogP contribution in [0.4, 0.5) is 5.82 Å². The number of fused-ring (bicyclic) bond motifs is 2. The van der Waals surface area contributed by atoms with E-state index < -0.39 is 0 Å². The van der Waals surface area contributed by atoms with E-state index in [1.807, 2.05) is 48.8 Å². The van der Waals surface area contributed by atoms with Gasteiger partial charge in [0.25, 0.3) is 0 Å². The maximum atomic E-state index is 12.7. The predicted octanol–water partition coefficient (Wildman–Crippen LogP) is 4.70. The van der Waals surface area contributed by atoms with E-state index in [0.29, 0.717) is 36.4 Å². The van der Waals surface area contributed by atoms with E-state index in [-0.39, 0.29) is 12.3 Å². The van der Waals surface area contributed by atoms with E-state index in [1.54, 1.807) is 0 Å². The van der Waals surface area contributed by atoms with Crippen molar-refractivity contribution in [1.82, 2.24) is 15.2 Å². The van der Waals surface area contributed by atoms with Crippen molar-refractivity contribution >= 4 is 22.6 Å². The van der Waals surface area contributed by atoms with Crippen LogP contribution in [0, 0.1) is 0 Å². The Kier molecular flexibility index (Phi) is 5.23. The summed E-state index contributed by atoms with van der Waals surface area (Å²) in [5, 5.41) is 11.1. The molecular weight excluding hydrogens is 404 g/mol. The normalized spacial score (nSPS) is 12.8. The van der Waals surface area contributed by atoms with Gasteiger partial charge in [-0.25, -0.2) is 0 Å². The molecule has 0 spiro atoms. The molecule has 1 aliphatic heterocycles. The van der Waals surface area contributed by atoms with Gasteiger partial charge in [0.15, 0.2) is 17.3 Å². The van der Waals surface area contributed by atoms with Gasteiger partial charge in [0.2, 0.25) is 5.91 Å². The summed E-state index contributed by atoms with van der Waals surface area (Å²) >= 11 is 0. The number of hydrogen-bond donors (Lipinski definition) is 2. The van der Waals surface area contributed by atoms with Gasteiger partial charge in [0.1, 0.15) is 13.2 Å². The molecule has 1 aliphatic rings. The standard InChI is InChI=1S/C25H24N4O3/c1-15(2)18-7-8-26-14-20(18)17-4-5-21-19(13-17)25(29-28-21)27-24(30)12-16-3-6-22-23(11-16)32-10-9-31-22/h3-8,11,13-15H,9-10,12H2,1-2H3,(H2,27,28,29,30). The predicted molar refractivity (Wildman–Crippen MR) is 123 cm³/mol. The number of carbonyl (C=O) groups is 1. The lowest BCUT2D eigenvalue weighted by Crippen LogP contribution is -2.17. The van der Waals surface area contributed by atoms with Gasteiger partial charge < -0.3 is 14.8 Å². The first-order valence-corrected chi connectivity index (χ1v) is 10.7. The monoisotopic (exact) mass is 428 g/mol. The molecule has 0 unspecified atom stereocenters. The second-order valence-corrected chi connectivity index (χ2v) is 8.15. The molecule has 2 aromatic carbocycles. The van der Waals surface area contributed by atoms with Crippen LogP contribution in [0.2, 0.25) is 0 Å². The molecule has 0 saturated carbocycles. The number of aromatic amines is 1. The summed E-state index contributed by atoms with van der Waals surface area (Å²) in [6.07, 6.45) is 3.92. The van der Waals surface area contributed by atoms with Crippen LogP contribution in [0.3, 0.4) is 0 Å². The molecule has 32 heavy (non-hydrogen) atoms. The van der Waals surface area contributed by atoms with E-state index in [4.69, 9.17) is 9.47 Å². The molecule has 0 fully saturated rings. The van der Waals surface area contributed by atoms with Gasteiger partial charge in [-0.3, -0.25) is 14.9 Å². The maximum absolute atomic E-state index is 12.7. The van der Waals surface area contributed by atoms with Crippen LogP contribution in [-0.2, 0) is 11.2 Å². The summed E-state index contributed by atoms with van der Waals surface area (Å²) < 4.78 is 11.2. The Labute approximate surface area is 185 Å². The largest absolute Gasteiger partial charge is 0.486 e. The summed E-state index contributed by atoms with van der Waals surface area (Å²) in [5.74, 6) is 2.12. The number of amides is 1. The number of H-pyrrole nitrogens is 1. The van der Waals surface area contributed by atoms with Gasteiger partial charge in [-0.15, -0.1) is 0 Å². The SMILES string of the molecule is CC(C)c1ccncc1-c1ccc2[nH]nc(NC(=O)Cc3ccc4c(c3)OCCO4)c2c1. The number of rotatable bonds is 5. The highest BCUT2D eigenvalue weighted by Gasteiger charge is 2.16. The average molecular weight is 428 g/mol. The molecule has 0 saturated heterocycles. The van der Waals surface area contributed by atoms with Crippen molar-refractivity contribution in [2.75, 3.05) is 18.5 Å². The average Bonchev–Trinajstić information content (AvgIpc) is 3.20. The Morgan fingerprint density at radius 2 is 1.94 bits per heavy atom. The number of pyridine rings is 1. The number of nitrogens with zero attached hydrogens (tertiary/aromatic N) is 2. The van der Waals surface area contributed by atoms with Crippen molar-refractivity contribution in [3.05, 3.63) is 66.0 Å². The minimum Gasteiger partial charge on any atom is -0.486 e. The zero-order valence-electron chi connectivity index (χ0n) is 18.0. The van der Waals surface area contributed by atoms with Gasteiger partial charge in [0.05, 0.1) is 11.9 Å². The number of nitrogens with one attached hydrogen (secondary N) is 2. The molecule has 0 radical (unpaired) electrons. The van der Waals surface area contributed by atoms with Crippen LogP contribution in [0.15, 0.2) is 54.9 Å². The van der Waals surface area contributed by atoms with E-state index in [9.17, 15) is 4.79 Å². The smallest absolute Gasteiger partial charge is 0.230 e. The van der Waals surface area contributed by atoms with Crippen LogP contribution >= 0.6 is 0 Å². The molecule has 4 aromatic rings. The number of hydrogen-bond acceptors (Lipinski definition) is 5. The van der Waals surface area contributed by atoms with Crippen LogP contribution in [0.1, 0.15) is 30.9 Å². The second kappa shape index (κ2) is 8.34. The molecule has 0 bridgehead atoms. The number of benzene rings is 2. The van der Waals surface area contributed by atoms with Crippen LogP contribution in [-0.4, -0.2) is 34.3 Å². The van der Waals surface area contributed by atoms with Crippen LogP contribution in [0.25, 0.3) is 22.0 Å². The van der Waals surface area contributed by atoms with Gasteiger partial charge in [-0.1, -0.05) is 26.0 Å². The molecule has 7 heteroatoms. The lowest BCUT2D eigenvalue weighted by atomic mass is 9.94. The van der Waals surface area contributed by atoms with E-state index in [1.165, 1.54) is 5.56 Å². The third kappa shape index (κ3) is 3.89. The van der Waals surface area contributed by atoms with Crippen LogP contribution < -0.4 is 14.8 Å². The van der Waals surface area contributed by atoms with Crippen molar-refractivity contribution in [1.29, 1.82) is 0 Å². The Bertz CT molecular complexity index is 1300. The molecule has 2 aromatic heterocycles. The van der Waals surface area contributed by atoms with Gasteiger partial charge in [0, 0.05) is 23.3 Å². The minimum absolute atomic E-state index is 0.148. The fraction of sp³-hybridized carbons (Fsp3) is 0.240. The van der Waals surface area contributed by atoms with Crippen molar-refractivity contribution in [3.8, 4) is 22.6 Å². The van der Waals surface area contributed by atoms with Crippen molar-refractivity contribution in [2.45, 2.75) is 26.2 Å². The first kappa shape index (κ1) is 20.1. The first-order chi connectivity index (χ1) is 15.6. The minimum atomic E-state index is -0.148. The van der Waals surface area contributed by atoms with Gasteiger partial charge >= 0.3 is 0 Å². The van der Waals surface area contributed by atoms with Crippen molar-refractivity contribution in [3.63, 3.8) is 0 Å². The van der Waals surface area contributed by atoms with Crippen molar-refractivity contribution < 1.29 is 14.3 Å². The highest BCUT2D eigenvalue weighted by atomic mass is 16.6. The molecule has 0 atom stereocenters. The molecular formula is C25H24N4O3. The van der Waals surface area contributed by atoms with E-state index in [0.717, 1.165) is 27.6 Å². The molecule has 3 heterocycles. The maximum Gasteiger partial charge on any atom is 0.230 e. The van der Waals surface area contributed by atoms with Gasteiger partial charge in [-0.2, -0.15) is 5.10 Å². The number of anilines is 1. The molecule has 1 amide bonds. The summed E-state index contributed by atoms with van der Waals surface area (Å²) in [4.78, 5) is 17.1. The molecule has 2 N–H and O–H groups in total. The highest BCUT2D eigenvalue weighted by molar-refractivity contribution is 6.01. The topological polar surface area (TPSA) is 89.1 Å². The lowest BCUT2D eigenvalue weighted by molar-refractivity contribution is -0.115. The van der Waals surface area contributed by atoms with Crippen LogP contribution in [0.5, 0.6) is 11.5 Å². The third-order valence-electron chi connectivity index (χ3n) is 5.58. The van der Waals surface area contributed by atoms with Gasteiger partial charge in [-0.05, 0) is 52.9 Å². The molecule has 162 valence electrons. The zero-order valence-corrected chi connectivity index (χ0v) is 18.0. The Morgan fingerprint density at radius 1 is 1.09 bits per heavy atom. The number of aromatic nitrogens is 3. The summed E-state index contributed by atoms with van der Waals surface area (Å²) in [6, 6.07) is 13.7. The summed E-state index contributed by atoms with van der Waals surface area (Å²) in [7, 11) is 0. The third-order valence-corrected chi connectivity index (χ3v) is 5.58. The highest BCUT2D eigenvalue weighted by Crippen LogP contribution is 2.33. The molecule has 0 aliphatic carbocycles. The molecule has 7 nitrogen and oxygen atoms in total. The Hall–Kier alpha value is -3.87. The lowest BCUT2D eigenvalue weighted by Gasteiger charge is -2.18. The summed E-state index contributed by atoms with van der Waals surface area (Å²) in [5.41, 5.74) is 5.06.